The number of likely N-dealkylation sites (N-methyl/N-ethyl adjacent to an activating group) is 1. The van der Waals surface area contributed by atoms with Gasteiger partial charge >= 0.3 is 0 Å². The first kappa shape index (κ1) is 14.8. The number of carbonyl (C=O) groups excluding carboxylic acids is 1. The smallest absolute Gasteiger partial charge is 0.241 e. The molecule has 0 saturated carbocycles. The summed E-state index contributed by atoms with van der Waals surface area (Å²) in [4.78, 5) is 17.2. The maximum atomic E-state index is 12.7. The van der Waals surface area contributed by atoms with Gasteiger partial charge in [0.05, 0.1) is 12.2 Å². The van der Waals surface area contributed by atoms with E-state index in [-0.39, 0.29) is 12.2 Å². The number of amides is 1. The molecule has 4 heteroatoms. The van der Waals surface area contributed by atoms with Crippen molar-refractivity contribution in [2.45, 2.75) is 58.8 Å². The number of hydrogen-bond donors (Lipinski definition) is 1. The minimum absolute atomic E-state index is 0.0262. The molecule has 0 radical (unpaired) electrons. The Hall–Kier alpha value is -0.610. The summed E-state index contributed by atoms with van der Waals surface area (Å²) < 4.78 is 0. The van der Waals surface area contributed by atoms with E-state index in [0.717, 1.165) is 25.9 Å². The normalized spacial score (nSPS) is 33.1. The number of nitrogens with one attached hydrogen (secondary N) is 1. The fourth-order valence-electron chi connectivity index (χ4n) is 3.37. The number of rotatable bonds is 4. The molecule has 2 aliphatic heterocycles. The van der Waals surface area contributed by atoms with Crippen LogP contribution in [-0.2, 0) is 4.79 Å². The van der Waals surface area contributed by atoms with Gasteiger partial charge in [0.15, 0.2) is 0 Å². The first-order valence-electron chi connectivity index (χ1n) is 7.67. The lowest BCUT2D eigenvalue weighted by Crippen LogP contribution is -2.48. The van der Waals surface area contributed by atoms with E-state index in [4.69, 9.17) is 0 Å². The average molecular weight is 267 g/mol. The molecule has 1 N–H and O–H groups in total. The summed E-state index contributed by atoms with van der Waals surface area (Å²) in [5.74, 6) is 1.35. The lowest BCUT2D eigenvalue weighted by atomic mass is 10.0. The van der Waals surface area contributed by atoms with Gasteiger partial charge in [0, 0.05) is 12.6 Å². The van der Waals surface area contributed by atoms with E-state index in [0.29, 0.717) is 23.8 Å². The summed E-state index contributed by atoms with van der Waals surface area (Å²) in [5.41, 5.74) is 0. The number of hydrogen-bond acceptors (Lipinski definition) is 3. The van der Waals surface area contributed by atoms with Gasteiger partial charge in [-0.2, -0.15) is 0 Å². The first-order chi connectivity index (χ1) is 8.90. The van der Waals surface area contributed by atoms with Crippen LogP contribution in [0.5, 0.6) is 0 Å². The van der Waals surface area contributed by atoms with Crippen LogP contribution in [0, 0.1) is 11.8 Å². The summed E-state index contributed by atoms with van der Waals surface area (Å²) in [6.45, 7) is 10.9. The molecule has 0 aromatic heterocycles. The van der Waals surface area contributed by atoms with Crippen molar-refractivity contribution >= 4 is 5.91 Å². The van der Waals surface area contributed by atoms with Gasteiger partial charge in [-0.1, -0.05) is 27.7 Å². The highest BCUT2D eigenvalue weighted by Crippen LogP contribution is 2.27. The molecule has 19 heavy (non-hydrogen) atoms. The summed E-state index contributed by atoms with van der Waals surface area (Å²) in [6.07, 6.45) is 2.27. The third-order valence-corrected chi connectivity index (χ3v) is 4.32. The Bertz CT molecular complexity index is 329. The summed E-state index contributed by atoms with van der Waals surface area (Å²) in [5, 5.41) is 3.57. The monoisotopic (exact) mass is 267 g/mol. The number of likely N-dealkylation sites (tertiary alicyclic amines) is 1. The molecule has 2 fully saturated rings. The van der Waals surface area contributed by atoms with Crippen molar-refractivity contribution in [3.63, 3.8) is 0 Å². The Morgan fingerprint density at radius 2 is 2.00 bits per heavy atom. The molecule has 0 spiro atoms. The van der Waals surface area contributed by atoms with E-state index in [2.05, 4.69) is 49.9 Å². The van der Waals surface area contributed by atoms with Crippen molar-refractivity contribution in [3.05, 3.63) is 0 Å². The Kier molecular flexibility index (Phi) is 4.51. The van der Waals surface area contributed by atoms with Crippen molar-refractivity contribution < 1.29 is 4.79 Å². The van der Waals surface area contributed by atoms with Gasteiger partial charge in [-0.15, -0.1) is 0 Å². The Morgan fingerprint density at radius 3 is 2.47 bits per heavy atom. The Labute approximate surface area is 117 Å². The number of nitrogens with zero attached hydrogens (tertiary/aromatic N) is 2. The van der Waals surface area contributed by atoms with Crippen molar-refractivity contribution in [3.8, 4) is 0 Å². The lowest BCUT2D eigenvalue weighted by molar-refractivity contribution is -0.132. The van der Waals surface area contributed by atoms with Crippen LogP contribution in [0.1, 0.15) is 40.5 Å². The van der Waals surface area contributed by atoms with Crippen LogP contribution in [0.25, 0.3) is 0 Å². The second-order valence-electron chi connectivity index (χ2n) is 6.99. The molecule has 2 saturated heterocycles. The quantitative estimate of drug-likeness (QED) is 0.839. The molecule has 0 bridgehead atoms. The fraction of sp³-hybridized carbons (Fsp3) is 0.933. The minimum Gasteiger partial charge on any atom is -0.321 e. The maximum absolute atomic E-state index is 12.7. The highest BCUT2D eigenvalue weighted by atomic mass is 16.2. The third-order valence-electron chi connectivity index (χ3n) is 4.32. The van der Waals surface area contributed by atoms with E-state index >= 15 is 0 Å². The van der Waals surface area contributed by atoms with E-state index in [1.807, 2.05) is 0 Å². The molecular weight excluding hydrogens is 238 g/mol. The fourth-order valence-corrected chi connectivity index (χ4v) is 3.37. The molecule has 0 aromatic rings. The van der Waals surface area contributed by atoms with Crippen LogP contribution < -0.4 is 5.32 Å². The standard InChI is InChI=1S/C15H29N3O/c1-10(2)8-13-15(19)18(14(16-13)11(3)4)12-6-7-17(5)9-12/h10-14,16H,6-9H2,1-5H3. The molecule has 3 unspecified atom stereocenters. The third kappa shape index (κ3) is 3.11. The molecule has 1 amide bonds. The van der Waals surface area contributed by atoms with Crippen LogP contribution in [0.2, 0.25) is 0 Å². The second kappa shape index (κ2) is 5.80. The van der Waals surface area contributed by atoms with Crippen LogP contribution in [0.15, 0.2) is 0 Å². The summed E-state index contributed by atoms with van der Waals surface area (Å²) in [7, 11) is 2.14. The van der Waals surface area contributed by atoms with Gasteiger partial charge < -0.3 is 9.80 Å². The summed E-state index contributed by atoms with van der Waals surface area (Å²) in [6, 6.07) is 0.424. The zero-order chi connectivity index (χ0) is 14.2. The minimum atomic E-state index is 0.0262. The molecule has 2 rings (SSSR count). The highest BCUT2D eigenvalue weighted by molar-refractivity contribution is 5.84. The second-order valence-corrected chi connectivity index (χ2v) is 6.99. The topological polar surface area (TPSA) is 35.6 Å². The highest BCUT2D eigenvalue weighted by Gasteiger charge is 2.44. The largest absolute Gasteiger partial charge is 0.321 e. The van der Waals surface area contributed by atoms with Crippen molar-refractivity contribution in [2.24, 2.45) is 11.8 Å². The molecule has 3 atom stereocenters. The van der Waals surface area contributed by atoms with Crippen LogP contribution in [0.3, 0.4) is 0 Å². The Morgan fingerprint density at radius 1 is 1.32 bits per heavy atom. The van der Waals surface area contributed by atoms with E-state index in [9.17, 15) is 4.79 Å². The molecular formula is C15H29N3O. The molecule has 4 nitrogen and oxygen atoms in total. The molecule has 0 aromatic carbocycles. The lowest BCUT2D eigenvalue weighted by Gasteiger charge is -2.32. The van der Waals surface area contributed by atoms with Gasteiger partial charge in [-0.25, -0.2) is 0 Å². The van der Waals surface area contributed by atoms with E-state index in [1.165, 1.54) is 0 Å². The van der Waals surface area contributed by atoms with Gasteiger partial charge in [-0.3, -0.25) is 10.1 Å². The Balaban J connectivity index is 2.11. The predicted molar refractivity (Wildman–Crippen MR) is 77.8 cm³/mol. The van der Waals surface area contributed by atoms with Crippen LogP contribution >= 0.6 is 0 Å². The average Bonchev–Trinajstić information content (AvgIpc) is 2.84. The van der Waals surface area contributed by atoms with Gasteiger partial charge in [0.1, 0.15) is 0 Å². The maximum Gasteiger partial charge on any atom is 0.241 e. The van der Waals surface area contributed by atoms with Crippen LogP contribution in [0.4, 0.5) is 0 Å². The predicted octanol–water partition coefficient (Wildman–Crippen LogP) is 1.52. The molecule has 2 aliphatic rings. The van der Waals surface area contributed by atoms with Gasteiger partial charge in [0.2, 0.25) is 5.91 Å². The molecule has 0 aliphatic carbocycles. The zero-order valence-electron chi connectivity index (χ0n) is 13.0. The first-order valence-corrected chi connectivity index (χ1v) is 7.67. The summed E-state index contributed by atoms with van der Waals surface area (Å²) >= 11 is 0. The van der Waals surface area contributed by atoms with E-state index < -0.39 is 0 Å². The number of carbonyl (C=O) groups is 1. The van der Waals surface area contributed by atoms with Crippen molar-refractivity contribution in [1.82, 2.24) is 15.1 Å². The SMILES string of the molecule is CC(C)CC1NC(C(C)C)N(C2CCN(C)C2)C1=O. The van der Waals surface area contributed by atoms with Crippen molar-refractivity contribution in [1.29, 1.82) is 0 Å². The van der Waals surface area contributed by atoms with E-state index in [1.54, 1.807) is 0 Å². The molecule has 2 heterocycles. The van der Waals surface area contributed by atoms with Gasteiger partial charge in [0.25, 0.3) is 0 Å². The van der Waals surface area contributed by atoms with Gasteiger partial charge in [-0.05, 0) is 38.3 Å². The van der Waals surface area contributed by atoms with Crippen LogP contribution in [-0.4, -0.2) is 54.1 Å². The zero-order valence-corrected chi connectivity index (χ0v) is 13.0. The molecule has 110 valence electrons. The van der Waals surface area contributed by atoms with Crippen molar-refractivity contribution in [2.75, 3.05) is 20.1 Å².